The summed E-state index contributed by atoms with van der Waals surface area (Å²) in [5, 5.41) is 5.46. The van der Waals surface area contributed by atoms with Gasteiger partial charge in [0.1, 0.15) is 11.5 Å². The van der Waals surface area contributed by atoms with Crippen LogP contribution in [0.1, 0.15) is 32.1 Å². The standard InChI is InChI=1S/C18H22N2O3S/c1-22-13-7-8-16(23-2)14(10-13)15-11-24-18(19-15)20-17(21)9-12-5-3-4-6-12/h7-8,10-12H,3-6,9H2,1-2H3,(H,19,20,21). The quantitative estimate of drug-likeness (QED) is 0.845. The number of thiazole rings is 1. The summed E-state index contributed by atoms with van der Waals surface area (Å²) in [6, 6.07) is 5.59. The predicted octanol–water partition coefficient (Wildman–Crippen LogP) is 4.35. The summed E-state index contributed by atoms with van der Waals surface area (Å²) >= 11 is 1.42. The Morgan fingerprint density at radius 1 is 1.29 bits per heavy atom. The average molecular weight is 346 g/mol. The zero-order chi connectivity index (χ0) is 16.9. The topological polar surface area (TPSA) is 60.5 Å². The van der Waals surface area contributed by atoms with E-state index in [1.54, 1.807) is 14.2 Å². The number of benzene rings is 1. The lowest BCUT2D eigenvalue weighted by Crippen LogP contribution is -2.14. The molecule has 5 nitrogen and oxygen atoms in total. The van der Waals surface area contributed by atoms with Crippen LogP contribution in [0.2, 0.25) is 0 Å². The molecule has 1 aromatic carbocycles. The molecule has 0 aliphatic heterocycles. The molecule has 0 radical (unpaired) electrons. The van der Waals surface area contributed by atoms with Gasteiger partial charge in [-0.15, -0.1) is 11.3 Å². The van der Waals surface area contributed by atoms with Crippen LogP contribution in [-0.2, 0) is 4.79 Å². The average Bonchev–Trinajstić information content (AvgIpc) is 3.26. The zero-order valence-electron chi connectivity index (χ0n) is 14.0. The number of nitrogens with one attached hydrogen (secondary N) is 1. The molecule has 2 aromatic rings. The molecule has 24 heavy (non-hydrogen) atoms. The van der Waals surface area contributed by atoms with E-state index in [2.05, 4.69) is 10.3 Å². The Labute approximate surface area is 146 Å². The van der Waals surface area contributed by atoms with E-state index in [1.807, 2.05) is 23.6 Å². The van der Waals surface area contributed by atoms with Gasteiger partial charge in [-0.2, -0.15) is 0 Å². The second-order valence-electron chi connectivity index (χ2n) is 6.01. The first kappa shape index (κ1) is 16.8. The predicted molar refractivity (Wildman–Crippen MR) is 95.9 cm³/mol. The molecule has 128 valence electrons. The molecule has 1 aromatic heterocycles. The van der Waals surface area contributed by atoms with Crippen LogP contribution in [0.5, 0.6) is 11.5 Å². The van der Waals surface area contributed by atoms with Crippen molar-refractivity contribution in [2.75, 3.05) is 19.5 Å². The van der Waals surface area contributed by atoms with Gasteiger partial charge in [0.25, 0.3) is 0 Å². The van der Waals surface area contributed by atoms with Gasteiger partial charge in [0.2, 0.25) is 5.91 Å². The number of hydrogen-bond donors (Lipinski definition) is 1. The number of nitrogens with zero attached hydrogens (tertiary/aromatic N) is 1. The molecular weight excluding hydrogens is 324 g/mol. The molecule has 1 aliphatic rings. The first-order chi connectivity index (χ1) is 11.7. The Bertz CT molecular complexity index is 708. The van der Waals surface area contributed by atoms with Crippen LogP contribution in [0.25, 0.3) is 11.3 Å². The van der Waals surface area contributed by atoms with E-state index in [4.69, 9.17) is 9.47 Å². The third kappa shape index (κ3) is 3.87. The van der Waals surface area contributed by atoms with Gasteiger partial charge in [0, 0.05) is 17.4 Å². The van der Waals surface area contributed by atoms with Gasteiger partial charge in [-0.05, 0) is 37.0 Å². The van der Waals surface area contributed by atoms with Crippen molar-refractivity contribution in [1.82, 2.24) is 4.98 Å². The van der Waals surface area contributed by atoms with E-state index in [0.717, 1.165) is 35.6 Å². The second kappa shape index (κ2) is 7.66. The molecular formula is C18H22N2O3S. The van der Waals surface area contributed by atoms with Crippen molar-refractivity contribution < 1.29 is 14.3 Å². The first-order valence-corrected chi connectivity index (χ1v) is 9.05. The highest BCUT2D eigenvalue weighted by Crippen LogP contribution is 2.35. The van der Waals surface area contributed by atoms with Crippen LogP contribution in [-0.4, -0.2) is 25.1 Å². The molecule has 0 bridgehead atoms. The van der Waals surface area contributed by atoms with Crippen LogP contribution >= 0.6 is 11.3 Å². The van der Waals surface area contributed by atoms with Gasteiger partial charge in [0.05, 0.1) is 19.9 Å². The summed E-state index contributed by atoms with van der Waals surface area (Å²) in [7, 11) is 3.25. The highest BCUT2D eigenvalue weighted by atomic mass is 32.1. The number of methoxy groups -OCH3 is 2. The summed E-state index contributed by atoms with van der Waals surface area (Å²) < 4.78 is 10.7. The molecule has 0 unspecified atom stereocenters. The number of anilines is 1. The number of rotatable bonds is 6. The second-order valence-corrected chi connectivity index (χ2v) is 6.86. The molecule has 1 heterocycles. The summed E-state index contributed by atoms with van der Waals surface area (Å²) in [4.78, 5) is 16.7. The van der Waals surface area contributed by atoms with Crippen LogP contribution in [0.4, 0.5) is 5.13 Å². The molecule has 1 fully saturated rings. The van der Waals surface area contributed by atoms with Crippen molar-refractivity contribution in [3.05, 3.63) is 23.6 Å². The fraction of sp³-hybridized carbons (Fsp3) is 0.444. The van der Waals surface area contributed by atoms with Gasteiger partial charge in [-0.1, -0.05) is 12.8 Å². The largest absolute Gasteiger partial charge is 0.497 e. The fourth-order valence-corrected chi connectivity index (χ4v) is 3.84. The van der Waals surface area contributed by atoms with Gasteiger partial charge in [-0.3, -0.25) is 4.79 Å². The van der Waals surface area contributed by atoms with Gasteiger partial charge in [-0.25, -0.2) is 4.98 Å². The van der Waals surface area contributed by atoms with Crippen molar-refractivity contribution in [3.63, 3.8) is 0 Å². The molecule has 1 aliphatic carbocycles. The number of carbonyl (C=O) groups is 1. The van der Waals surface area contributed by atoms with Gasteiger partial charge in [0.15, 0.2) is 5.13 Å². The third-order valence-corrected chi connectivity index (χ3v) is 5.14. The maximum atomic E-state index is 12.1. The van der Waals surface area contributed by atoms with Gasteiger partial charge < -0.3 is 14.8 Å². The van der Waals surface area contributed by atoms with E-state index in [1.165, 1.54) is 24.2 Å². The van der Waals surface area contributed by atoms with Crippen molar-refractivity contribution in [3.8, 4) is 22.8 Å². The normalized spacial score (nSPS) is 14.6. The van der Waals surface area contributed by atoms with Crippen LogP contribution < -0.4 is 14.8 Å². The Hall–Kier alpha value is -2.08. The highest BCUT2D eigenvalue weighted by Gasteiger charge is 2.19. The SMILES string of the molecule is COc1ccc(OC)c(-c2csc(NC(=O)CC3CCCC3)n2)c1. The van der Waals surface area contributed by atoms with Crippen LogP contribution in [0.3, 0.4) is 0 Å². The minimum atomic E-state index is 0.0559. The number of aromatic nitrogens is 1. The minimum absolute atomic E-state index is 0.0559. The fourth-order valence-electron chi connectivity index (χ4n) is 3.12. The smallest absolute Gasteiger partial charge is 0.226 e. The molecule has 0 spiro atoms. The summed E-state index contributed by atoms with van der Waals surface area (Å²) in [5.41, 5.74) is 1.62. The van der Waals surface area contributed by atoms with E-state index < -0.39 is 0 Å². The lowest BCUT2D eigenvalue weighted by Gasteiger charge is -2.09. The Morgan fingerprint density at radius 3 is 2.79 bits per heavy atom. The monoisotopic (exact) mass is 346 g/mol. The summed E-state index contributed by atoms with van der Waals surface area (Å²) in [5.74, 6) is 2.05. The lowest BCUT2D eigenvalue weighted by molar-refractivity contribution is -0.117. The molecule has 3 rings (SSSR count). The summed E-state index contributed by atoms with van der Waals surface area (Å²) in [6.07, 6.45) is 5.41. The van der Waals surface area contributed by atoms with Crippen LogP contribution in [0, 0.1) is 5.92 Å². The first-order valence-electron chi connectivity index (χ1n) is 8.17. The van der Waals surface area contributed by atoms with Crippen molar-refractivity contribution in [2.45, 2.75) is 32.1 Å². The Balaban J connectivity index is 1.72. The van der Waals surface area contributed by atoms with E-state index >= 15 is 0 Å². The minimum Gasteiger partial charge on any atom is -0.497 e. The maximum absolute atomic E-state index is 12.1. The van der Waals surface area contributed by atoms with Crippen molar-refractivity contribution in [2.24, 2.45) is 5.92 Å². The Morgan fingerprint density at radius 2 is 2.08 bits per heavy atom. The Kier molecular flexibility index (Phi) is 5.35. The molecule has 6 heteroatoms. The summed E-state index contributed by atoms with van der Waals surface area (Å²) in [6.45, 7) is 0. The molecule has 1 saturated carbocycles. The maximum Gasteiger partial charge on any atom is 0.226 e. The molecule has 1 amide bonds. The zero-order valence-corrected chi connectivity index (χ0v) is 14.8. The molecule has 0 atom stereocenters. The lowest BCUT2D eigenvalue weighted by atomic mass is 10.0. The third-order valence-electron chi connectivity index (χ3n) is 4.38. The van der Waals surface area contributed by atoms with Crippen molar-refractivity contribution >= 4 is 22.4 Å². The number of ether oxygens (including phenoxy) is 2. The molecule has 0 saturated heterocycles. The van der Waals surface area contributed by atoms with E-state index in [0.29, 0.717) is 17.5 Å². The van der Waals surface area contributed by atoms with E-state index in [9.17, 15) is 4.79 Å². The van der Waals surface area contributed by atoms with Crippen molar-refractivity contribution in [1.29, 1.82) is 0 Å². The number of carbonyl (C=O) groups excluding carboxylic acids is 1. The van der Waals surface area contributed by atoms with Crippen LogP contribution in [0.15, 0.2) is 23.6 Å². The van der Waals surface area contributed by atoms with Gasteiger partial charge >= 0.3 is 0 Å². The number of amides is 1. The molecule has 1 N–H and O–H groups in total. The highest BCUT2D eigenvalue weighted by molar-refractivity contribution is 7.14. The number of hydrogen-bond acceptors (Lipinski definition) is 5. The van der Waals surface area contributed by atoms with E-state index in [-0.39, 0.29) is 5.91 Å².